The molecule has 0 saturated carbocycles. The summed E-state index contributed by atoms with van der Waals surface area (Å²) in [6.45, 7) is 0. The smallest absolute Gasteiger partial charge is 0.164 e. The van der Waals surface area contributed by atoms with Gasteiger partial charge in [0.15, 0.2) is 17.5 Å². The van der Waals surface area contributed by atoms with E-state index >= 15 is 0 Å². The maximum Gasteiger partial charge on any atom is 0.164 e. The van der Waals surface area contributed by atoms with Crippen molar-refractivity contribution in [1.29, 1.82) is 0 Å². The zero-order valence-electron chi connectivity index (χ0n) is 30.4. The molecule has 0 aliphatic rings. The Morgan fingerprint density at radius 1 is 0.386 bits per heavy atom. The predicted octanol–water partition coefficient (Wildman–Crippen LogP) is 13.9. The molecule has 6 heteroatoms. The summed E-state index contributed by atoms with van der Waals surface area (Å²) in [6, 6.07) is 63.9. The van der Waals surface area contributed by atoms with Crippen LogP contribution < -0.4 is 0 Å². The van der Waals surface area contributed by atoms with Crippen molar-refractivity contribution >= 4 is 75.3 Å². The first-order chi connectivity index (χ1) is 28.2. The normalized spacial score (nSPS) is 11.9. The van der Waals surface area contributed by atoms with Gasteiger partial charge in [0.2, 0.25) is 0 Å². The average Bonchev–Trinajstić information content (AvgIpc) is 3.94. The molecule has 5 nitrogen and oxygen atoms in total. The van der Waals surface area contributed by atoms with Crippen molar-refractivity contribution < 1.29 is 4.42 Å². The number of para-hydroxylation sites is 1. The van der Waals surface area contributed by atoms with E-state index < -0.39 is 0 Å². The molecular weight excluding hydrogens is 717 g/mol. The van der Waals surface area contributed by atoms with Crippen LogP contribution in [0.4, 0.5) is 0 Å². The van der Waals surface area contributed by atoms with Gasteiger partial charge in [-0.3, -0.25) is 0 Å². The van der Waals surface area contributed by atoms with E-state index in [1.54, 1.807) is 0 Å². The summed E-state index contributed by atoms with van der Waals surface area (Å²) in [5, 5.41) is 7.18. The highest BCUT2D eigenvalue weighted by atomic mass is 32.1. The molecule has 4 aromatic heterocycles. The first-order valence-electron chi connectivity index (χ1n) is 19.0. The van der Waals surface area contributed by atoms with E-state index in [4.69, 9.17) is 19.4 Å². The van der Waals surface area contributed by atoms with Gasteiger partial charge in [0, 0.05) is 64.1 Å². The third kappa shape index (κ3) is 5.12. The molecule has 0 N–H and O–H groups in total. The second-order valence-electron chi connectivity index (χ2n) is 14.4. The van der Waals surface area contributed by atoms with E-state index in [-0.39, 0.29) is 0 Å². The third-order valence-corrected chi connectivity index (χ3v) is 12.2. The SMILES string of the molecule is c1ccc(-c2nc(-c3ccccc3)nc(-c3ccc4c(c3)oc3ccc(-c5cccc6c5c5cc7c(cc5n6-c5ccccc5)sc5ccccc57)cc34)n2)cc1. The Hall–Kier alpha value is -7.41. The number of hydrogen-bond donors (Lipinski definition) is 0. The van der Waals surface area contributed by atoms with E-state index in [0.717, 1.165) is 49.9 Å². The van der Waals surface area contributed by atoms with Gasteiger partial charge < -0.3 is 8.98 Å². The van der Waals surface area contributed by atoms with Gasteiger partial charge >= 0.3 is 0 Å². The van der Waals surface area contributed by atoms with E-state index in [0.29, 0.717) is 17.5 Å². The lowest BCUT2D eigenvalue weighted by Gasteiger charge is -2.09. The summed E-state index contributed by atoms with van der Waals surface area (Å²) in [7, 11) is 0. The number of benzene rings is 8. The lowest BCUT2D eigenvalue weighted by molar-refractivity contribution is 0.669. The maximum atomic E-state index is 6.56. The van der Waals surface area contributed by atoms with Crippen LogP contribution in [0.25, 0.3) is 115 Å². The Balaban J connectivity index is 1.03. The van der Waals surface area contributed by atoms with E-state index in [1.807, 2.05) is 72.0 Å². The van der Waals surface area contributed by atoms with E-state index in [2.05, 4.69) is 126 Å². The Morgan fingerprint density at radius 2 is 1.05 bits per heavy atom. The van der Waals surface area contributed by atoms with Crippen LogP contribution in [0.15, 0.2) is 186 Å². The van der Waals surface area contributed by atoms with Gasteiger partial charge in [0.1, 0.15) is 11.2 Å². The Bertz CT molecular complexity index is 3460. The second-order valence-corrected chi connectivity index (χ2v) is 15.5. The van der Waals surface area contributed by atoms with Gasteiger partial charge in [-0.1, -0.05) is 121 Å². The predicted molar refractivity (Wildman–Crippen MR) is 236 cm³/mol. The van der Waals surface area contributed by atoms with Gasteiger partial charge in [0.05, 0.1) is 11.0 Å². The lowest BCUT2D eigenvalue weighted by Crippen LogP contribution is -2.00. The van der Waals surface area contributed by atoms with Gasteiger partial charge in [-0.15, -0.1) is 11.3 Å². The Morgan fingerprint density at radius 3 is 1.81 bits per heavy atom. The summed E-state index contributed by atoms with van der Waals surface area (Å²) < 4.78 is 11.6. The fourth-order valence-corrected chi connectivity index (χ4v) is 9.52. The minimum absolute atomic E-state index is 0.597. The summed E-state index contributed by atoms with van der Waals surface area (Å²) >= 11 is 1.86. The Labute approximate surface area is 330 Å². The van der Waals surface area contributed by atoms with Crippen LogP contribution in [0.1, 0.15) is 0 Å². The molecule has 0 fully saturated rings. The number of hydrogen-bond acceptors (Lipinski definition) is 5. The highest BCUT2D eigenvalue weighted by Crippen LogP contribution is 2.44. The molecule has 266 valence electrons. The topological polar surface area (TPSA) is 56.7 Å². The highest BCUT2D eigenvalue weighted by molar-refractivity contribution is 7.25. The first kappa shape index (κ1) is 31.9. The van der Waals surface area contributed by atoms with Crippen molar-refractivity contribution in [2.45, 2.75) is 0 Å². The largest absolute Gasteiger partial charge is 0.456 e. The van der Waals surface area contributed by atoms with Crippen molar-refractivity contribution in [3.8, 4) is 51.0 Å². The van der Waals surface area contributed by atoms with Crippen LogP contribution in [0.3, 0.4) is 0 Å². The number of furan rings is 1. The van der Waals surface area contributed by atoms with Gasteiger partial charge in [-0.25, -0.2) is 15.0 Å². The van der Waals surface area contributed by atoms with Crippen LogP contribution in [-0.2, 0) is 0 Å². The lowest BCUT2D eigenvalue weighted by atomic mass is 9.97. The molecular formula is C51H30N4OS. The van der Waals surface area contributed by atoms with Crippen molar-refractivity contribution in [2.24, 2.45) is 0 Å². The molecule has 0 amide bonds. The van der Waals surface area contributed by atoms with Crippen molar-refractivity contribution in [1.82, 2.24) is 19.5 Å². The fraction of sp³-hybridized carbons (Fsp3) is 0. The zero-order chi connectivity index (χ0) is 37.5. The molecule has 12 rings (SSSR count). The number of aromatic nitrogens is 4. The molecule has 0 aliphatic heterocycles. The highest BCUT2D eigenvalue weighted by Gasteiger charge is 2.20. The quantitative estimate of drug-likeness (QED) is 0.176. The number of rotatable bonds is 5. The van der Waals surface area contributed by atoms with Crippen LogP contribution in [-0.4, -0.2) is 19.5 Å². The molecule has 12 aromatic rings. The van der Waals surface area contributed by atoms with Crippen molar-refractivity contribution in [3.63, 3.8) is 0 Å². The summed E-state index contributed by atoms with van der Waals surface area (Å²) in [5.74, 6) is 1.86. The molecule has 4 heterocycles. The maximum absolute atomic E-state index is 6.56. The van der Waals surface area contributed by atoms with Crippen molar-refractivity contribution in [3.05, 3.63) is 182 Å². The van der Waals surface area contributed by atoms with Crippen LogP contribution in [0, 0.1) is 0 Å². The number of thiophene rings is 1. The van der Waals surface area contributed by atoms with Crippen LogP contribution in [0.2, 0.25) is 0 Å². The summed E-state index contributed by atoms with van der Waals surface area (Å²) in [6.07, 6.45) is 0. The molecule has 0 saturated heterocycles. The molecule has 0 bridgehead atoms. The monoisotopic (exact) mass is 746 g/mol. The molecule has 8 aromatic carbocycles. The minimum Gasteiger partial charge on any atom is -0.456 e. The molecule has 57 heavy (non-hydrogen) atoms. The van der Waals surface area contributed by atoms with Crippen LogP contribution in [0.5, 0.6) is 0 Å². The molecule has 0 unspecified atom stereocenters. The standard InChI is InChI=1S/C51H30N4OS/c1-4-13-31(14-5-1)49-52-50(32-15-6-2-7-16-32)54-51(53-49)34-23-25-37-39-27-33(24-26-44(39)56-45(37)28-34)36-20-12-21-42-48(36)41-29-40-38-19-10-11-22-46(38)57-47(40)30-43(41)55(42)35-17-8-3-9-18-35/h1-30H. The van der Waals surface area contributed by atoms with Gasteiger partial charge in [-0.2, -0.15) is 0 Å². The zero-order valence-corrected chi connectivity index (χ0v) is 31.2. The van der Waals surface area contributed by atoms with E-state index in [9.17, 15) is 0 Å². The molecule has 0 radical (unpaired) electrons. The van der Waals surface area contributed by atoms with Crippen LogP contribution >= 0.6 is 11.3 Å². The third-order valence-electron chi connectivity index (χ3n) is 11.0. The average molecular weight is 747 g/mol. The van der Waals surface area contributed by atoms with Gasteiger partial charge in [-0.05, 0) is 71.8 Å². The Kier molecular flexibility index (Phi) is 7.03. The molecule has 0 spiro atoms. The van der Waals surface area contributed by atoms with Gasteiger partial charge in [0.25, 0.3) is 0 Å². The number of fused-ring (bicyclic) bond motifs is 9. The molecule has 0 atom stereocenters. The van der Waals surface area contributed by atoms with Crippen molar-refractivity contribution in [2.75, 3.05) is 0 Å². The summed E-state index contributed by atoms with van der Waals surface area (Å²) in [5.41, 5.74) is 10.2. The first-order valence-corrected chi connectivity index (χ1v) is 19.8. The number of nitrogens with zero attached hydrogens (tertiary/aromatic N) is 4. The molecule has 0 aliphatic carbocycles. The summed E-state index contributed by atoms with van der Waals surface area (Å²) in [4.78, 5) is 14.8. The second kappa shape index (κ2) is 12.6. The van der Waals surface area contributed by atoms with E-state index in [1.165, 1.54) is 47.5 Å². The fourth-order valence-electron chi connectivity index (χ4n) is 8.40. The minimum atomic E-state index is 0.597.